The van der Waals surface area contributed by atoms with Crippen LogP contribution in [0.1, 0.15) is 284 Å². The smallest absolute Gasteiger partial charge is 0.216 e. The Labute approximate surface area is 782 Å². The van der Waals surface area contributed by atoms with E-state index >= 15 is 0 Å². The van der Waals surface area contributed by atoms with E-state index in [1.165, 1.54) is 81.7 Å². The summed E-state index contributed by atoms with van der Waals surface area (Å²) in [5.74, 6) is -11.8. The van der Waals surface area contributed by atoms with Gasteiger partial charge >= 0.3 is 0 Å². The van der Waals surface area contributed by atoms with Crippen LogP contribution in [0.5, 0.6) is 0 Å². The number of hydrogen-bond acceptors (Lipinski definition) is 4. The Kier molecular flexibility index (Phi) is 14.6. The quantitative estimate of drug-likeness (QED) is 0.0850. The zero-order valence-corrected chi connectivity index (χ0v) is 73.1. The van der Waals surface area contributed by atoms with Gasteiger partial charge in [-0.3, -0.25) is 0 Å². The van der Waals surface area contributed by atoms with Gasteiger partial charge in [-0.05, 0) is 200 Å². The number of furan rings is 4. The van der Waals surface area contributed by atoms with Gasteiger partial charge in [0.05, 0.1) is 55.4 Å². The van der Waals surface area contributed by atoms with E-state index in [0.29, 0.717) is 133 Å². The van der Waals surface area contributed by atoms with Gasteiger partial charge in [0.1, 0.15) is 72.9 Å². The number of benzene rings is 8. The third-order valence-electron chi connectivity index (χ3n) is 22.8. The summed E-state index contributed by atoms with van der Waals surface area (Å²) in [5, 5.41) is 4.31. The summed E-state index contributed by atoms with van der Waals surface area (Å²) in [6.45, 7) is 37.2. The van der Waals surface area contributed by atoms with Crippen molar-refractivity contribution in [3.05, 3.63) is 279 Å². The fraction of sp³-hybridized carbons (Fsp3) is 0.351. The topological polar surface area (TPSA) is 85.5 Å². The lowest BCUT2D eigenvalue weighted by Gasteiger charge is -2.14. The largest absolute Gasteiger partial charge is 0.456 e. The summed E-state index contributed by atoms with van der Waals surface area (Å²) in [5.41, 5.74) is 9.58. The van der Waals surface area contributed by atoms with Crippen molar-refractivity contribution < 1.29 is 88.0 Å². The van der Waals surface area contributed by atoms with Gasteiger partial charge in [0.2, 0.25) is 22.8 Å². The van der Waals surface area contributed by atoms with Crippen LogP contribution in [0.3, 0.4) is 0 Å². The standard InChI is InChI=1S/C29H33N2O.2C28H31N2O.C26H27N2O/c1-16(2)12-21-13-26(31(9)20(7)19(21)6)28-18(5)10-11-22-24-14-23(17(3)4)25(30-8)15-27(24)32-29(22)28;1-15(2)21-13-25(30(9)19(7)18(21)6)27-17(5)10-11-20-23-12-22(16(3)4)24(29-8)14-26(23)31-28(20)27;1-16(2)11-20-12-19(6)30(8)25(13-20)27-18(5)9-10-21-23-14-22(17(3)4)24(29-7)15-26(23)31-28(21)27;1-14(2)20-12-21-19-10-9-15(3)25(26(19)29-24(21)13-22(20)27-7)23-11-16(4)17(5)18(6)28(23)8/h10-11,13-17H,12H2,1-7,9H3;10-16H,1-7,9H3;9-10,12-17H,11H2,1-6,8H3;9-14H,1-6,8H3/q4*+1/i3D3,6D3,12D2,13D,17D;1D3,3D3,6D3,13D,15D,16D;3D3,11D2,12D,13D,17D;1D3,5D3,11D,14D. The molecular weight excluding hydrogens is 1510 g/mol. The molecule has 5 atom stereocenters. The highest BCUT2D eigenvalue weighted by molar-refractivity contribution is 6.14. The highest BCUT2D eigenvalue weighted by Crippen LogP contribution is 2.48. The fourth-order valence-electron chi connectivity index (χ4n) is 15.8. The summed E-state index contributed by atoms with van der Waals surface area (Å²) in [6.07, 6.45) is -4.07. The Morgan fingerprint density at radius 1 is 0.341 bits per heavy atom. The van der Waals surface area contributed by atoms with Crippen LogP contribution in [0.15, 0.2) is 145 Å². The molecule has 0 saturated heterocycles. The first-order valence-electron chi connectivity index (χ1n) is 58.9. The van der Waals surface area contributed by atoms with E-state index in [0.717, 1.165) is 18.1 Å². The first-order chi connectivity index (χ1) is 73.3. The second-order valence-corrected chi connectivity index (χ2v) is 32.0. The van der Waals surface area contributed by atoms with Gasteiger partial charge in [-0.15, -0.1) is 0 Å². The van der Waals surface area contributed by atoms with Crippen molar-refractivity contribution in [2.45, 2.75) is 222 Å². The second-order valence-electron chi connectivity index (χ2n) is 32.0. The van der Waals surface area contributed by atoms with Crippen LogP contribution in [0.2, 0.25) is 0 Å². The van der Waals surface area contributed by atoms with Gasteiger partial charge in [-0.2, -0.15) is 18.3 Å². The zero-order chi connectivity index (χ0) is 122. The van der Waals surface area contributed by atoms with Crippen LogP contribution >= 0.6 is 0 Å². The molecule has 0 radical (unpaired) electrons. The van der Waals surface area contributed by atoms with Gasteiger partial charge in [0, 0.05) is 163 Å². The Balaban J connectivity index is 0.000000177. The molecule has 16 aromatic rings. The first-order valence-corrected chi connectivity index (χ1v) is 39.9. The third-order valence-corrected chi connectivity index (χ3v) is 22.8. The van der Waals surface area contributed by atoms with Crippen molar-refractivity contribution in [1.29, 1.82) is 0 Å². The highest BCUT2D eigenvalue weighted by Gasteiger charge is 2.32. The molecule has 5 unspecified atom stereocenters. The number of rotatable bonds is 13. The molecule has 0 aliphatic heterocycles. The molecule has 0 aliphatic rings. The van der Waals surface area contributed by atoms with E-state index in [-0.39, 0.29) is 137 Å². The third kappa shape index (κ3) is 16.2. The average molecular weight is 1670 g/mol. The van der Waals surface area contributed by atoms with Gasteiger partial charge in [0.25, 0.3) is 0 Å². The lowest BCUT2D eigenvalue weighted by atomic mass is 9.92. The minimum Gasteiger partial charge on any atom is -0.456 e. The number of pyridine rings is 4. The molecule has 0 saturated carbocycles. The predicted octanol–water partition coefficient (Wildman–Crippen LogP) is 30.2. The van der Waals surface area contributed by atoms with Crippen molar-refractivity contribution in [3.8, 4) is 45.0 Å². The van der Waals surface area contributed by atoms with Crippen molar-refractivity contribution in [2.75, 3.05) is 0 Å². The summed E-state index contributed by atoms with van der Waals surface area (Å²) in [4.78, 5) is 13.9. The number of aromatic nitrogens is 4. The van der Waals surface area contributed by atoms with Gasteiger partial charge in [-0.25, -0.2) is 19.4 Å². The predicted molar refractivity (Wildman–Crippen MR) is 511 cm³/mol. The van der Waals surface area contributed by atoms with Crippen LogP contribution in [0, 0.1) is 121 Å². The second kappa shape index (κ2) is 34.8. The van der Waals surface area contributed by atoms with Crippen LogP contribution in [-0.4, -0.2) is 0 Å². The molecular formula is C111H122N8O4+4. The van der Waals surface area contributed by atoms with Crippen molar-refractivity contribution in [1.82, 2.24) is 0 Å². The summed E-state index contributed by atoms with van der Waals surface area (Å²) in [6, 6.07) is 25.4. The maximum atomic E-state index is 9.27. The van der Waals surface area contributed by atoms with Crippen molar-refractivity contribution >= 4 is 111 Å². The number of nitrogens with zero attached hydrogens (tertiary/aromatic N) is 8. The van der Waals surface area contributed by atoms with Crippen molar-refractivity contribution in [3.63, 3.8) is 0 Å². The minimum absolute atomic E-state index is 0.00521. The van der Waals surface area contributed by atoms with Crippen LogP contribution in [0.25, 0.3) is 152 Å². The summed E-state index contributed by atoms with van der Waals surface area (Å²) in [7, 11) is 6.63. The Hall–Kier alpha value is -12.5. The number of hydrogen-bond donors (Lipinski definition) is 0. The maximum absolute atomic E-state index is 9.27. The van der Waals surface area contributed by atoms with E-state index in [9.17, 15) is 2.74 Å². The molecule has 16 rings (SSSR count). The Bertz CT molecular complexity index is 8980. The van der Waals surface area contributed by atoms with Crippen LogP contribution in [-0.2, 0) is 40.9 Å². The monoisotopic (exact) mass is 1670 g/mol. The highest BCUT2D eigenvalue weighted by atomic mass is 16.3. The fourth-order valence-corrected chi connectivity index (χ4v) is 15.8. The lowest BCUT2D eigenvalue weighted by Crippen LogP contribution is -2.36. The molecule has 0 fully saturated rings. The van der Waals surface area contributed by atoms with Gasteiger partial charge in [-0.1, -0.05) is 169 Å². The molecule has 8 heterocycles. The lowest BCUT2D eigenvalue weighted by molar-refractivity contribution is -0.667. The molecule has 0 bridgehead atoms. The van der Waals surface area contributed by atoms with E-state index in [4.69, 9.17) is 93.3 Å². The van der Waals surface area contributed by atoms with Crippen molar-refractivity contribution in [2.24, 2.45) is 40.0 Å². The van der Waals surface area contributed by atoms with Gasteiger partial charge < -0.3 is 17.7 Å². The number of aryl methyl sites for hydroxylation is 4. The first kappa shape index (κ1) is 51.4. The molecule has 0 N–H and O–H groups in total. The number of fused-ring (bicyclic) bond motifs is 12. The molecule has 0 amide bonds. The van der Waals surface area contributed by atoms with E-state index in [2.05, 4.69) is 19.4 Å². The summed E-state index contributed by atoms with van der Waals surface area (Å²) >= 11 is 0. The van der Waals surface area contributed by atoms with Crippen LogP contribution < -0.4 is 18.3 Å². The molecule has 123 heavy (non-hydrogen) atoms. The van der Waals surface area contributed by atoms with E-state index < -0.39 is 120 Å². The van der Waals surface area contributed by atoms with Gasteiger partial charge in [0.15, 0.2) is 45.5 Å². The maximum Gasteiger partial charge on any atom is 0.216 e. The van der Waals surface area contributed by atoms with E-state index in [1.54, 1.807) is 141 Å². The molecule has 8 aromatic carbocycles. The molecule has 12 heteroatoms. The molecule has 8 aromatic heterocycles. The average Bonchev–Trinajstić information content (AvgIpc) is 1.69. The molecule has 0 spiro atoms. The normalized spacial score (nSPS) is 19.7. The van der Waals surface area contributed by atoms with E-state index in [1.807, 2.05) is 38.1 Å². The van der Waals surface area contributed by atoms with Crippen LogP contribution in [0.4, 0.5) is 22.7 Å². The Morgan fingerprint density at radius 3 is 0.959 bits per heavy atom. The molecule has 626 valence electrons. The molecule has 0 aliphatic carbocycles. The minimum atomic E-state index is -2.97. The Morgan fingerprint density at radius 2 is 0.642 bits per heavy atom. The summed E-state index contributed by atoms with van der Waals surface area (Å²) < 4.78 is 347. The molecule has 12 nitrogen and oxygen atoms in total. The zero-order valence-electron chi connectivity index (χ0n) is 111. The SMILES string of the molecule is [2H]c1c(C([2H])(C)C([2H])([2H])[2H])c(C([2H])([2H])[2H])c(C)[n+](C)c1-c1c(C)ccc2c1oc1cc([N+]#[C-])c(C([2H])(C)C([2H])([2H])[2H])cc12.[2H]c1c(C([2H])([2H])C(C)C)c(C([2H])([2H])[2H])c(C)[n+](C)c1-c1c(C)ccc2c1oc1cc([N+]#[C-])c(C([2H])(C)C([2H])([2H])[2H])cc12.[2H]c1c(C([2H])([2H])C(C)C)c([2H])c(-c2c(C)ccc3c2oc2cc([N+]#[C-])c(C([2H])(C)C([2H])([2H])[2H])cc23)[n+](C)c1C.[2H]c1c(C)c(C([2H])([2H])[2H])c(C)[n+](C)c1-c1c(C)ccc2c1oc1cc([N+]#[C-])c(C([2H])(C)C([2H])([2H])[2H])cc12.